The van der Waals surface area contributed by atoms with Gasteiger partial charge in [-0.15, -0.1) is 0 Å². The number of sulfonamides is 1. The molecule has 1 heterocycles. The molecule has 5 nitrogen and oxygen atoms in total. The molecule has 1 aromatic heterocycles. The summed E-state index contributed by atoms with van der Waals surface area (Å²) in [5.74, 6) is 0. The van der Waals surface area contributed by atoms with Crippen LogP contribution in [0.25, 0.3) is 11.0 Å². The van der Waals surface area contributed by atoms with Gasteiger partial charge in [-0.2, -0.15) is 0 Å². The zero-order valence-electron chi connectivity index (χ0n) is 12.0. The van der Waals surface area contributed by atoms with Crippen LogP contribution in [0.1, 0.15) is 5.56 Å². The molecule has 0 fully saturated rings. The first kappa shape index (κ1) is 15.8. The molecule has 0 spiro atoms. The lowest BCUT2D eigenvalue weighted by atomic mass is 10.2. The number of aryl methyl sites for hydroxylation is 1. The summed E-state index contributed by atoms with van der Waals surface area (Å²) < 4.78 is 33.5. The normalized spacial score (nSPS) is 11.6. The maximum atomic E-state index is 12.5. The quantitative estimate of drug-likeness (QED) is 0.688. The van der Waals surface area contributed by atoms with Crippen molar-refractivity contribution < 1.29 is 12.8 Å². The third-order valence-corrected chi connectivity index (χ3v) is 5.19. The Morgan fingerprint density at radius 1 is 1.04 bits per heavy atom. The molecule has 0 amide bonds. The lowest BCUT2D eigenvalue weighted by Gasteiger charge is -2.11. The van der Waals surface area contributed by atoms with E-state index in [4.69, 9.17) is 4.42 Å². The van der Waals surface area contributed by atoms with Gasteiger partial charge in [0.2, 0.25) is 0 Å². The number of benzene rings is 2. The van der Waals surface area contributed by atoms with Crippen molar-refractivity contribution in [3.63, 3.8) is 0 Å². The fraction of sp³-hybridized carbons (Fsp3) is 0.0625. The van der Waals surface area contributed by atoms with Gasteiger partial charge in [-0.25, -0.2) is 13.2 Å². The Kier molecular flexibility index (Phi) is 3.99. The number of nitrogens with one attached hydrogen (secondary N) is 1. The second kappa shape index (κ2) is 5.82. The van der Waals surface area contributed by atoms with Gasteiger partial charge in [0.25, 0.3) is 10.0 Å². The maximum absolute atomic E-state index is 12.5. The molecule has 0 aliphatic rings. The molecule has 0 aliphatic carbocycles. The van der Waals surface area contributed by atoms with Crippen molar-refractivity contribution in [2.24, 2.45) is 0 Å². The van der Waals surface area contributed by atoms with Gasteiger partial charge in [0.05, 0.1) is 10.6 Å². The van der Waals surface area contributed by atoms with E-state index in [-0.39, 0.29) is 4.90 Å². The van der Waals surface area contributed by atoms with Crippen LogP contribution in [0.4, 0.5) is 5.69 Å². The van der Waals surface area contributed by atoms with E-state index in [1.54, 1.807) is 12.1 Å². The minimum absolute atomic E-state index is 0.0983. The molecule has 0 atom stereocenters. The molecule has 3 rings (SSSR count). The topological polar surface area (TPSA) is 76.4 Å². The lowest BCUT2D eigenvalue weighted by Crippen LogP contribution is -2.13. The average Bonchev–Trinajstić information content (AvgIpc) is 2.49. The molecular formula is C16H12BrNO4S. The van der Waals surface area contributed by atoms with E-state index in [9.17, 15) is 13.2 Å². The summed E-state index contributed by atoms with van der Waals surface area (Å²) in [7, 11) is -3.74. The van der Waals surface area contributed by atoms with E-state index in [2.05, 4.69) is 20.7 Å². The van der Waals surface area contributed by atoms with Gasteiger partial charge >= 0.3 is 5.63 Å². The zero-order chi connectivity index (χ0) is 16.6. The number of hydrogen-bond donors (Lipinski definition) is 1. The molecule has 0 saturated carbocycles. The van der Waals surface area contributed by atoms with E-state index >= 15 is 0 Å². The summed E-state index contributed by atoms with van der Waals surface area (Å²) in [6.07, 6.45) is 0. The van der Waals surface area contributed by atoms with Crippen LogP contribution in [0.15, 0.2) is 67.1 Å². The summed E-state index contributed by atoms with van der Waals surface area (Å²) in [4.78, 5) is 11.3. The molecule has 1 N–H and O–H groups in total. The molecule has 7 heteroatoms. The zero-order valence-corrected chi connectivity index (χ0v) is 14.4. The second-order valence-corrected chi connectivity index (χ2v) is 7.62. The summed E-state index contributed by atoms with van der Waals surface area (Å²) in [5.41, 5.74) is 1.18. The number of rotatable bonds is 3. The highest BCUT2D eigenvalue weighted by Crippen LogP contribution is 2.24. The van der Waals surface area contributed by atoms with Crippen LogP contribution in [0, 0.1) is 6.92 Å². The van der Waals surface area contributed by atoms with Gasteiger partial charge in [0.15, 0.2) is 0 Å². The van der Waals surface area contributed by atoms with Crippen LogP contribution >= 0.6 is 15.9 Å². The standard InChI is InChI=1S/C16H12BrNO4S/c1-10-8-12(17)3-5-14(10)18-23(20,21)13-4-6-15-11(9-13)2-7-16(19)22-15/h2-9,18H,1H3. The van der Waals surface area contributed by atoms with E-state index in [0.29, 0.717) is 16.7 Å². The summed E-state index contributed by atoms with van der Waals surface area (Å²) in [5, 5.41) is 0.542. The Hall–Kier alpha value is -2.12. The predicted octanol–water partition coefficient (Wildman–Crippen LogP) is 3.66. The van der Waals surface area contributed by atoms with Crippen molar-refractivity contribution in [3.8, 4) is 0 Å². The van der Waals surface area contributed by atoms with Crippen LogP contribution in [0.2, 0.25) is 0 Å². The van der Waals surface area contributed by atoms with E-state index in [1.807, 2.05) is 13.0 Å². The highest BCUT2D eigenvalue weighted by atomic mass is 79.9. The fourth-order valence-corrected chi connectivity index (χ4v) is 3.80. The first-order valence-corrected chi connectivity index (χ1v) is 8.96. The molecule has 0 bridgehead atoms. The first-order chi connectivity index (χ1) is 10.8. The van der Waals surface area contributed by atoms with Crippen molar-refractivity contribution in [2.75, 3.05) is 4.72 Å². The molecule has 118 valence electrons. The molecular weight excluding hydrogens is 382 g/mol. The van der Waals surface area contributed by atoms with Crippen LogP contribution in [-0.4, -0.2) is 8.42 Å². The molecule has 23 heavy (non-hydrogen) atoms. The second-order valence-electron chi connectivity index (χ2n) is 5.02. The average molecular weight is 394 g/mol. The largest absolute Gasteiger partial charge is 0.423 e. The molecule has 0 saturated heterocycles. The monoisotopic (exact) mass is 393 g/mol. The molecule has 3 aromatic rings. The third-order valence-electron chi connectivity index (χ3n) is 3.33. The van der Waals surface area contributed by atoms with Gasteiger partial charge in [0.1, 0.15) is 5.58 Å². The lowest BCUT2D eigenvalue weighted by molar-refractivity contribution is 0.560. The molecule has 0 unspecified atom stereocenters. The van der Waals surface area contributed by atoms with Crippen molar-refractivity contribution in [2.45, 2.75) is 11.8 Å². The van der Waals surface area contributed by atoms with Crippen molar-refractivity contribution in [3.05, 3.63) is 69.0 Å². The smallest absolute Gasteiger partial charge is 0.336 e. The Labute approximate surface area is 141 Å². The Balaban J connectivity index is 2.02. The first-order valence-electron chi connectivity index (χ1n) is 6.68. The summed E-state index contributed by atoms with van der Waals surface area (Å²) in [6, 6.07) is 12.4. The van der Waals surface area contributed by atoms with Gasteiger partial charge < -0.3 is 4.42 Å². The van der Waals surface area contributed by atoms with E-state index in [1.165, 1.54) is 30.3 Å². The minimum Gasteiger partial charge on any atom is -0.423 e. The van der Waals surface area contributed by atoms with Crippen LogP contribution in [0.3, 0.4) is 0 Å². The summed E-state index contributed by atoms with van der Waals surface area (Å²) >= 11 is 3.34. The van der Waals surface area contributed by atoms with E-state index < -0.39 is 15.6 Å². The molecule has 0 aliphatic heterocycles. The fourth-order valence-electron chi connectivity index (χ4n) is 2.16. The maximum Gasteiger partial charge on any atom is 0.336 e. The van der Waals surface area contributed by atoms with E-state index in [0.717, 1.165) is 10.0 Å². The highest BCUT2D eigenvalue weighted by Gasteiger charge is 2.16. The van der Waals surface area contributed by atoms with Crippen molar-refractivity contribution in [1.29, 1.82) is 0 Å². The minimum atomic E-state index is -3.74. The third kappa shape index (κ3) is 3.30. The Bertz CT molecular complexity index is 1060. The number of hydrogen-bond acceptors (Lipinski definition) is 4. The van der Waals surface area contributed by atoms with Crippen LogP contribution in [0.5, 0.6) is 0 Å². The predicted molar refractivity (Wildman–Crippen MR) is 92.2 cm³/mol. The molecule has 2 aromatic carbocycles. The SMILES string of the molecule is Cc1cc(Br)ccc1NS(=O)(=O)c1ccc2oc(=O)ccc2c1. The van der Waals surface area contributed by atoms with Crippen molar-refractivity contribution >= 4 is 42.6 Å². The van der Waals surface area contributed by atoms with Gasteiger partial charge in [-0.3, -0.25) is 4.72 Å². The van der Waals surface area contributed by atoms with Crippen molar-refractivity contribution in [1.82, 2.24) is 0 Å². The van der Waals surface area contributed by atoms with Crippen LogP contribution in [-0.2, 0) is 10.0 Å². The Morgan fingerprint density at radius 3 is 2.57 bits per heavy atom. The van der Waals surface area contributed by atoms with Crippen LogP contribution < -0.4 is 10.3 Å². The number of fused-ring (bicyclic) bond motifs is 1. The molecule has 0 radical (unpaired) electrons. The Morgan fingerprint density at radius 2 is 1.83 bits per heavy atom. The van der Waals surface area contributed by atoms with Gasteiger partial charge in [-0.05, 0) is 55.0 Å². The van der Waals surface area contributed by atoms with Gasteiger partial charge in [0, 0.05) is 15.9 Å². The highest BCUT2D eigenvalue weighted by molar-refractivity contribution is 9.10. The number of halogens is 1. The van der Waals surface area contributed by atoms with Gasteiger partial charge in [-0.1, -0.05) is 15.9 Å². The number of anilines is 1. The summed E-state index contributed by atoms with van der Waals surface area (Å²) in [6.45, 7) is 1.82.